The van der Waals surface area contributed by atoms with E-state index in [0.717, 1.165) is 0 Å². The van der Waals surface area contributed by atoms with Crippen molar-refractivity contribution in [1.82, 2.24) is 0 Å². The molecule has 0 aliphatic heterocycles. The minimum absolute atomic E-state index is 0. The summed E-state index contributed by atoms with van der Waals surface area (Å²) in [5.41, 5.74) is 0. The molecule has 0 fully saturated rings. The van der Waals surface area contributed by atoms with Crippen molar-refractivity contribution in [2.24, 2.45) is 0 Å². The topological polar surface area (TPSA) is 0 Å². The first-order chi connectivity index (χ1) is 0. The molecule has 4 heteroatoms. The molecular weight excluding hydrogens is 334 g/mol. The zero-order valence-corrected chi connectivity index (χ0v) is 6.99. The molecule has 0 aromatic heterocycles. The first kappa shape index (κ1) is 34.0. The molecule has 0 aliphatic carbocycles. The molecule has 0 heterocycles. The summed E-state index contributed by atoms with van der Waals surface area (Å²) in [6.45, 7) is 0. The van der Waals surface area contributed by atoms with E-state index in [0.29, 0.717) is 0 Å². The van der Waals surface area contributed by atoms with Gasteiger partial charge in [0.2, 0.25) is 0 Å². The molecule has 4 heavy (non-hydrogen) atoms. The predicted octanol–water partition coefficient (Wildman–Crippen LogP) is -6.00. The fourth-order valence-corrected chi connectivity index (χ4v) is 0. The number of rotatable bonds is 0. The van der Waals surface area contributed by atoms with E-state index in [-0.39, 0.29) is 75.1 Å². The molecule has 0 saturated carbocycles. The van der Waals surface area contributed by atoms with Gasteiger partial charge in [-0.3, -0.25) is 0 Å². The Morgan fingerprint density at radius 1 is 0.750 bits per heavy atom. The zero-order valence-electron chi connectivity index (χ0n) is 1.36. The Morgan fingerprint density at radius 3 is 0.750 bits per heavy atom. The first-order valence-corrected chi connectivity index (χ1v) is 0. The maximum Gasteiger partial charge on any atom is 1.00 e. The van der Waals surface area contributed by atoms with Crippen molar-refractivity contribution in [2.75, 3.05) is 0 Å². The van der Waals surface area contributed by atoms with E-state index in [1.165, 1.54) is 0 Å². The standard InChI is InChI=1S/BrH.2Cu.HI/h1H;;;1H/q;2*+1;/p-2. The van der Waals surface area contributed by atoms with Crippen LogP contribution < -0.4 is 41.0 Å². The monoisotopic (exact) mass is 332 g/mol. The fraction of sp³-hybridized carbons (Fsp3) is 0. The fourth-order valence-electron chi connectivity index (χ4n) is 0. The summed E-state index contributed by atoms with van der Waals surface area (Å²) < 4.78 is 0. The molecule has 0 aromatic rings. The van der Waals surface area contributed by atoms with Gasteiger partial charge in [0.1, 0.15) is 0 Å². The normalized spacial score (nSPS) is 0. The Balaban J connectivity index is 0. The van der Waals surface area contributed by atoms with Crippen molar-refractivity contribution in [2.45, 2.75) is 0 Å². The number of halogens is 2. The molecule has 36 valence electrons. The largest absolute Gasteiger partial charge is 1.00 e. The van der Waals surface area contributed by atoms with Crippen LogP contribution in [0.25, 0.3) is 0 Å². The summed E-state index contributed by atoms with van der Waals surface area (Å²) in [5.74, 6) is 0. The molecule has 0 radical (unpaired) electrons. The molecule has 0 N–H and O–H groups in total. The third-order valence-electron chi connectivity index (χ3n) is 0. The van der Waals surface area contributed by atoms with Gasteiger partial charge < -0.3 is 41.0 Å². The summed E-state index contributed by atoms with van der Waals surface area (Å²) in [4.78, 5) is 0. The van der Waals surface area contributed by atoms with Crippen LogP contribution in [0.4, 0.5) is 0 Å². The summed E-state index contributed by atoms with van der Waals surface area (Å²) in [5, 5.41) is 0. The average Bonchev–Trinajstić information content (AvgIpc) is 0. The maximum atomic E-state index is 0. The van der Waals surface area contributed by atoms with Gasteiger partial charge >= 0.3 is 34.1 Å². The van der Waals surface area contributed by atoms with Crippen LogP contribution >= 0.6 is 0 Å². The third-order valence-corrected chi connectivity index (χ3v) is 0. The maximum absolute atomic E-state index is 0. The van der Waals surface area contributed by atoms with Gasteiger partial charge in [0.15, 0.2) is 0 Å². The Hall–Kier alpha value is 2.25. The second-order valence-electron chi connectivity index (χ2n) is 0. The Kier molecular flexibility index (Phi) is 159. The van der Waals surface area contributed by atoms with Crippen LogP contribution in [0.15, 0.2) is 0 Å². The van der Waals surface area contributed by atoms with Gasteiger partial charge in [0, 0.05) is 0 Å². The molecular formula is BrCu2I. The molecule has 0 nitrogen and oxygen atoms in total. The van der Waals surface area contributed by atoms with Gasteiger partial charge in [0.25, 0.3) is 0 Å². The molecule has 0 spiro atoms. The molecule has 0 amide bonds. The zero-order chi connectivity index (χ0) is 0. The molecule has 0 aromatic carbocycles. The SMILES string of the molecule is [Br-].[Cu+].[Cu+].[I-]. The van der Waals surface area contributed by atoms with Crippen LogP contribution in [0, 0.1) is 0 Å². The van der Waals surface area contributed by atoms with E-state index in [1.54, 1.807) is 0 Å². The van der Waals surface area contributed by atoms with Gasteiger partial charge in [-0.05, 0) is 0 Å². The van der Waals surface area contributed by atoms with Crippen LogP contribution in [0.2, 0.25) is 0 Å². The predicted molar refractivity (Wildman–Crippen MR) is 0 cm³/mol. The summed E-state index contributed by atoms with van der Waals surface area (Å²) in [7, 11) is 0. The smallest absolute Gasteiger partial charge is 1.00 e. The van der Waals surface area contributed by atoms with E-state index in [4.69, 9.17) is 0 Å². The van der Waals surface area contributed by atoms with Crippen LogP contribution in [0.5, 0.6) is 0 Å². The molecule has 0 aliphatic rings. The second kappa shape index (κ2) is 18.7. The Bertz CT molecular complexity index is 6.00. The van der Waals surface area contributed by atoms with Crippen LogP contribution in [0.1, 0.15) is 0 Å². The second-order valence-corrected chi connectivity index (χ2v) is 0. The Labute approximate surface area is 74.2 Å². The van der Waals surface area contributed by atoms with Crippen LogP contribution in [-0.4, -0.2) is 0 Å². The van der Waals surface area contributed by atoms with Crippen molar-refractivity contribution in [3.63, 3.8) is 0 Å². The number of hydrogen-bond donors (Lipinski definition) is 0. The van der Waals surface area contributed by atoms with E-state index in [1.807, 2.05) is 0 Å². The molecule has 0 atom stereocenters. The van der Waals surface area contributed by atoms with E-state index in [9.17, 15) is 0 Å². The van der Waals surface area contributed by atoms with Gasteiger partial charge in [-0.2, -0.15) is 0 Å². The van der Waals surface area contributed by atoms with Crippen molar-refractivity contribution < 1.29 is 75.1 Å². The van der Waals surface area contributed by atoms with Gasteiger partial charge in [0.05, 0.1) is 0 Å². The van der Waals surface area contributed by atoms with Gasteiger partial charge in [-0.15, -0.1) is 0 Å². The minimum atomic E-state index is 0. The summed E-state index contributed by atoms with van der Waals surface area (Å²) in [6, 6.07) is 0. The van der Waals surface area contributed by atoms with Crippen molar-refractivity contribution in [1.29, 1.82) is 0 Å². The quantitative estimate of drug-likeness (QED) is 0.306. The van der Waals surface area contributed by atoms with Crippen molar-refractivity contribution in [3.05, 3.63) is 0 Å². The Morgan fingerprint density at radius 2 is 0.750 bits per heavy atom. The van der Waals surface area contributed by atoms with Gasteiger partial charge in [-0.1, -0.05) is 0 Å². The molecule has 0 rings (SSSR count). The first-order valence-electron chi connectivity index (χ1n) is 0. The molecule has 0 saturated heterocycles. The van der Waals surface area contributed by atoms with E-state index >= 15 is 0 Å². The van der Waals surface area contributed by atoms with Crippen LogP contribution in [-0.2, 0) is 34.1 Å². The summed E-state index contributed by atoms with van der Waals surface area (Å²) >= 11 is 0. The number of hydrogen-bond acceptors (Lipinski definition) is 0. The van der Waals surface area contributed by atoms with Crippen LogP contribution in [0.3, 0.4) is 0 Å². The van der Waals surface area contributed by atoms with Crippen molar-refractivity contribution >= 4 is 0 Å². The van der Waals surface area contributed by atoms with Crippen molar-refractivity contribution in [3.8, 4) is 0 Å². The third kappa shape index (κ3) is 8.87. The van der Waals surface area contributed by atoms with E-state index in [2.05, 4.69) is 0 Å². The molecule has 0 bridgehead atoms. The minimum Gasteiger partial charge on any atom is -1.00 e. The van der Waals surface area contributed by atoms with Gasteiger partial charge in [-0.25, -0.2) is 0 Å². The average molecular weight is 334 g/mol. The summed E-state index contributed by atoms with van der Waals surface area (Å²) in [6.07, 6.45) is 0. The van der Waals surface area contributed by atoms with E-state index < -0.39 is 0 Å². The molecule has 0 unspecified atom stereocenters.